The molecule has 0 unspecified atom stereocenters. The number of hydrogen-bond acceptors (Lipinski definition) is 6. The van der Waals surface area contributed by atoms with Gasteiger partial charge in [-0.05, 0) is 42.2 Å². The molecule has 0 radical (unpaired) electrons. The lowest BCUT2D eigenvalue weighted by Crippen LogP contribution is -2.15. The third kappa shape index (κ3) is 3.54. The van der Waals surface area contributed by atoms with Gasteiger partial charge in [0.2, 0.25) is 5.95 Å². The van der Waals surface area contributed by atoms with Crippen LogP contribution in [0, 0.1) is 0 Å². The number of nitrogen functional groups attached to an aromatic ring is 1. The quantitative estimate of drug-likeness (QED) is 0.470. The summed E-state index contributed by atoms with van der Waals surface area (Å²) in [4.78, 5) is 8.97. The van der Waals surface area contributed by atoms with Crippen molar-refractivity contribution in [1.82, 2.24) is 9.97 Å². The minimum atomic E-state index is -3.84. The molecule has 0 amide bonds. The maximum absolute atomic E-state index is 12.7. The predicted octanol–water partition coefficient (Wildman–Crippen LogP) is 4.54. The van der Waals surface area contributed by atoms with Gasteiger partial charge in [-0.25, -0.2) is 18.4 Å². The molecule has 2 heterocycles. The summed E-state index contributed by atoms with van der Waals surface area (Å²) >= 11 is 6.44. The summed E-state index contributed by atoms with van der Waals surface area (Å²) in [5.74, 6) is 0.205. The number of fused-ring (bicyclic) bond motifs is 3. The number of anilines is 2. The molecule has 1 aliphatic carbocycles. The first-order valence-electron chi connectivity index (χ1n) is 9.52. The van der Waals surface area contributed by atoms with Gasteiger partial charge in [-0.1, -0.05) is 41.9 Å². The smallest absolute Gasteiger partial charge is 0.265 e. The molecule has 2 aromatic carbocycles. The van der Waals surface area contributed by atoms with Crippen LogP contribution in [0.5, 0.6) is 0 Å². The number of furan rings is 1. The lowest BCUT2D eigenvalue weighted by Gasteiger charge is -2.23. The molecule has 3 N–H and O–H groups in total. The fourth-order valence-electron chi connectivity index (χ4n) is 3.79. The van der Waals surface area contributed by atoms with Crippen molar-refractivity contribution in [2.75, 3.05) is 10.5 Å². The van der Waals surface area contributed by atoms with Gasteiger partial charge in [0.1, 0.15) is 11.2 Å². The van der Waals surface area contributed by atoms with Crippen molar-refractivity contribution in [3.63, 3.8) is 0 Å². The molecule has 156 valence electrons. The zero-order valence-corrected chi connectivity index (χ0v) is 17.7. The van der Waals surface area contributed by atoms with Crippen LogP contribution in [0.2, 0.25) is 5.02 Å². The van der Waals surface area contributed by atoms with Crippen LogP contribution in [0.4, 0.5) is 11.6 Å². The zero-order valence-electron chi connectivity index (χ0n) is 16.2. The van der Waals surface area contributed by atoms with E-state index in [0.717, 1.165) is 34.2 Å². The summed E-state index contributed by atoms with van der Waals surface area (Å²) < 4.78 is 32.8. The van der Waals surface area contributed by atoms with E-state index in [9.17, 15) is 8.42 Å². The molecule has 0 atom stereocenters. The highest BCUT2D eigenvalue weighted by atomic mass is 35.5. The predicted molar refractivity (Wildman–Crippen MR) is 119 cm³/mol. The first-order valence-corrected chi connectivity index (χ1v) is 11.4. The van der Waals surface area contributed by atoms with E-state index in [0.29, 0.717) is 23.6 Å². The first kappa shape index (κ1) is 19.6. The molecule has 0 aliphatic heterocycles. The molecule has 9 heteroatoms. The second kappa shape index (κ2) is 7.40. The maximum Gasteiger partial charge on any atom is 0.265 e. The Balaban J connectivity index is 1.68. The van der Waals surface area contributed by atoms with E-state index >= 15 is 0 Å². The monoisotopic (exact) mass is 452 g/mol. The second-order valence-corrected chi connectivity index (χ2v) is 9.26. The number of nitrogens with zero attached hydrogens (tertiary/aromatic N) is 2. The van der Waals surface area contributed by atoms with Crippen molar-refractivity contribution in [1.29, 1.82) is 0 Å². The number of nitrogens with two attached hydrogens (primary N) is 1. The van der Waals surface area contributed by atoms with Gasteiger partial charge >= 0.3 is 0 Å². The minimum absolute atomic E-state index is 0.0165. The minimum Gasteiger partial charge on any atom is -0.471 e. The Labute approximate surface area is 184 Å². The Morgan fingerprint density at radius 3 is 2.61 bits per heavy atom. The Hall–Kier alpha value is -3.36. The Kier molecular flexibility index (Phi) is 4.68. The van der Waals surface area contributed by atoms with Crippen molar-refractivity contribution in [3.05, 3.63) is 77.3 Å². The van der Waals surface area contributed by atoms with Gasteiger partial charge in [0, 0.05) is 11.1 Å². The van der Waals surface area contributed by atoms with Gasteiger partial charge in [-0.3, -0.25) is 4.72 Å². The molecule has 0 fully saturated rings. The summed E-state index contributed by atoms with van der Waals surface area (Å²) in [6.45, 7) is 0. The van der Waals surface area contributed by atoms with Gasteiger partial charge in [0.15, 0.2) is 0 Å². The Morgan fingerprint density at radius 2 is 1.87 bits per heavy atom. The molecular weight excluding hydrogens is 436 g/mol. The first-order chi connectivity index (χ1) is 14.9. The molecule has 0 bridgehead atoms. The van der Waals surface area contributed by atoms with Crippen LogP contribution in [0.25, 0.3) is 22.4 Å². The highest BCUT2D eigenvalue weighted by Gasteiger charge is 2.26. The zero-order chi connectivity index (χ0) is 21.6. The fourth-order valence-corrected chi connectivity index (χ4v) is 5.07. The largest absolute Gasteiger partial charge is 0.471 e. The van der Waals surface area contributed by atoms with Crippen LogP contribution < -0.4 is 10.5 Å². The van der Waals surface area contributed by atoms with Crippen LogP contribution in [0.1, 0.15) is 11.3 Å². The summed E-state index contributed by atoms with van der Waals surface area (Å²) in [6, 6.07) is 14.6. The van der Waals surface area contributed by atoms with Crippen LogP contribution >= 0.6 is 11.6 Å². The molecule has 1 aliphatic rings. The molecular formula is C22H17ClN4O3S. The number of aromatic nitrogens is 2. The normalized spacial score (nSPS) is 12.8. The third-order valence-corrected chi connectivity index (χ3v) is 6.85. The maximum atomic E-state index is 12.7. The van der Waals surface area contributed by atoms with Gasteiger partial charge in [0.25, 0.3) is 10.0 Å². The van der Waals surface area contributed by atoms with Gasteiger partial charge in [-0.15, -0.1) is 0 Å². The Morgan fingerprint density at radius 1 is 1.06 bits per heavy atom. The summed E-state index contributed by atoms with van der Waals surface area (Å²) in [5, 5.41) is 0.312. The van der Waals surface area contributed by atoms with E-state index in [4.69, 9.17) is 21.8 Å². The average molecular weight is 453 g/mol. The number of aryl methyl sites for hydroxylation is 2. The number of sulfonamides is 1. The standard InChI is InChI=1S/C22H17ClN4O3S/c23-17-10-14-6-7-18-20(21(26-22(24)25-18)13-4-2-1-3-5-13)16(14)11-19(17)27-31(28,29)15-8-9-30-12-15/h1-5,8-12,27H,6-7H2,(H2,24,25,26). The van der Waals surface area contributed by atoms with Crippen molar-refractivity contribution in [2.24, 2.45) is 0 Å². The van der Waals surface area contributed by atoms with Crippen molar-refractivity contribution in [2.45, 2.75) is 17.7 Å². The molecule has 0 spiro atoms. The van der Waals surface area contributed by atoms with E-state index in [1.165, 1.54) is 12.3 Å². The molecule has 7 nitrogen and oxygen atoms in total. The van der Waals surface area contributed by atoms with Crippen molar-refractivity contribution in [3.8, 4) is 22.4 Å². The number of halogens is 1. The molecule has 4 aromatic rings. The second-order valence-electron chi connectivity index (χ2n) is 7.17. The van der Waals surface area contributed by atoms with E-state index in [2.05, 4.69) is 14.7 Å². The van der Waals surface area contributed by atoms with Crippen LogP contribution in [-0.4, -0.2) is 18.4 Å². The number of nitrogens with one attached hydrogen (secondary N) is 1. The fraction of sp³-hybridized carbons (Fsp3) is 0.0909. The highest BCUT2D eigenvalue weighted by Crippen LogP contribution is 2.42. The molecule has 0 saturated carbocycles. The lowest BCUT2D eigenvalue weighted by molar-refractivity contribution is 0.557. The third-order valence-electron chi connectivity index (χ3n) is 5.19. The molecule has 5 rings (SSSR count). The summed E-state index contributed by atoms with van der Waals surface area (Å²) in [5.41, 5.74) is 11.3. The topological polar surface area (TPSA) is 111 Å². The number of hydrogen-bond donors (Lipinski definition) is 2. The summed E-state index contributed by atoms with van der Waals surface area (Å²) in [6.07, 6.45) is 3.86. The van der Waals surface area contributed by atoms with Crippen molar-refractivity contribution < 1.29 is 12.8 Å². The van der Waals surface area contributed by atoms with Gasteiger partial charge < -0.3 is 10.2 Å². The summed E-state index contributed by atoms with van der Waals surface area (Å²) in [7, 11) is -3.84. The molecule has 0 saturated heterocycles. The SMILES string of the molecule is Nc1nc2c(c(-c3ccccc3)n1)-c1cc(NS(=O)(=O)c3ccoc3)c(Cl)cc1CC2. The van der Waals surface area contributed by atoms with E-state index in [-0.39, 0.29) is 16.5 Å². The van der Waals surface area contributed by atoms with Crippen LogP contribution in [0.15, 0.2) is 70.4 Å². The highest BCUT2D eigenvalue weighted by molar-refractivity contribution is 7.92. The van der Waals surface area contributed by atoms with Crippen LogP contribution in [0.3, 0.4) is 0 Å². The molecule has 31 heavy (non-hydrogen) atoms. The average Bonchev–Trinajstić information content (AvgIpc) is 3.30. The Bertz CT molecular complexity index is 1390. The van der Waals surface area contributed by atoms with E-state index in [1.807, 2.05) is 30.3 Å². The van der Waals surface area contributed by atoms with Crippen molar-refractivity contribution >= 4 is 33.3 Å². The van der Waals surface area contributed by atoms with Gasteiger partial charge in [0.05, 0.1) is 28.4 Å². The lowest BCUT2D eigenvalue weighted by atomic mass is 9.86. The van der Waals surface area contributed by atoms with Gasteiger partial charge in [-0.2, -0.15) is 0 Å². The molecule has 2 aromatic heterocycles. The number of rotatable bonds is 4. The number of benzene rings is 2. The van der Waals surface area contributed by atoms with E-state index in [1.54, 1.807) is 12.1 Å². The van der Waals surface area contributed by atoms with E-state index < -0.39 is 10.0 Å². The van der Waals surface area contributed by atoms with Crippen LogP contribution in [-0.2, 0) is 22.9 Å².